The first kappa shape index (κ1) is 15.2. The van der Waals surface area contributed by atoms with Gasteiger partial charge in [0.05, 0.1) is 5.25 Å². The summed E-state index contributed by atoms with van der Waals surface area (Å²) < 4.78 is 26.9. The van der Waals surface area contributed by atoms with Gasteiger partial charge < -0.3 is 4.98 Å². The molecule has 1 aliphatic rings. The number of H-pyrrole nitrogens is 1. The van der Waals surface area contributed by atoms with Crippen molar-refractivity contribution in [2.24, 2.45) is 0 Å². The smallest absolute Gasteiger partial charge is 0.251 e. The van der Waals surface area contributed by atoms with Gasteiger partial charge in [-0.25, -0.2) is 13.1 Å². The Morgan fingerprint density at radius 3 is 2.68 bits per heavy atom. The van der Waals surface area contributed by atoms with Gasteiger partial charge in [0.2, 0.25) is 10.0 Å². The molecule has 3 rings (SSSR count). The summed E-state index contributed by atoms with van der Waals surface area (Å²) in [6.07, 6.45) is 3.84. The summed E-state index contributed by atoms with van der Waals surface area (Å²) in [5.74, 6) is 0. The van der Waals surface area contributed by atoms with E-state index in [9.17, 15) is 13.2 Å². The summed E-state index contributed by atoms with van der Waals surface area (Å²) in [7, 11) is -3.25. The third-order valence-corrected chi connectivity index (χ3v) is 6.22. The third kappa shape index (κ3) is 3.23. The first-order valence-electron chi connectivity index (χ1n) is 7.66. The van der Waals surface area contributed by atoms with Gasteiger partial charge in [-0.2, -0.15) is 0 Å². The molecule has 1 aromatic carbocycles. The van der Waals surface area contributed by atoms with E-state index in [1.54, 1.807) is 0 Å². The number of sulfonamides is 1. The lowest BCUT2D eigenvalue weighted by atomic mass is 10.1. The average molecular weight is 320 g/mol. The topological polar surface area (TPSA) is 79.0 Å². The summed E-state index contributed by atoms with van der Waals surface area (Å²) in [5, 5.41) is 0.693. The Labute approximate surface area is 129 Å². The van der Waals surface area contributed by atoms with Crippen LogP contribution in [0.25, 0.3) is 10.9 Å². The molecule has 6 heteroatoms. The van der Waals surface area contributed by atoms with Gasteiger partial charge in [-0.3, -0.25) is 4.79 Å². The minimum atomic E-state index is -3.25. The van der Waals surface area contributed by atoms with Crippen LogP contribution in [0.5, 0.6) is 0 Å². The monoisotopic (exact) mass is 320 g/mol. The number of nitrogens with one attached hydrogen (secondary N) is 2. The first-order chi connectivity index (χ1) is 10.6. The molecule has 0 atom stereocenters. The highest BCUT2D eigenvalue weighted by Gasteiger charge is 2.27. The molecule has 2 aromatic rings. The molecule has 1 aromatic heterocycles. The van der Waals surface area contributed by atoms with Crippen LogP contribution in [-0.2, 0) is 16.4 Å². The maximum absolute atomic E-state index is 12.1. The van der Waals surface area contributed by atoms with Crippen molar-refractivity contribution >= 4 is 20.9 Å². The van der Waals surface area contributed by atoms with E-state index in [4.69, 9.17) is 0 Å². The molecule has 2 N–H and O–H groups in total. The lowest BCUT2D eigenvalue weighted by Gasteiger charge is -2.12. The van der Waals surface area contributed by atoms with Crippen LogP contribution < -0.4 is 10.3 Å². The standard InChI is InChI=1S/C16H20N2O3S/c19-16-13(11-12-5-1-4-8-15(12)18-16)9-10-17-22(20,21)14-6-2-3-7-14/h1,4-5,8,11,14,17H,2-3,6-7,9-10H2,(H,18,19). The van der Waals surface area contributed by atoms with Gasteiger partial charge in [0.15, 0.2) is 0 Å². The second-order valence-corrected chi connectivity index (χ2v) is 7.85. The SMILES string of the molecule is O=c1[nH]c2ccccc2cc1CCNS(=O)(=O)C1CCCC1. The quantitative estimate of drug-likeness (QED) is 0.883. The van der Waals surface area contributed by atoms with Crippen molar-refractivity contribution in [2.45, 2.75) is 37.4 Å². The maximum atomic E-state index is 12.1. The molecule has 1 fully saturated rings. The lowest BCUT2D eigenvalue weighted by Crippen LogP contribution is -2.34. The maximum Gasteiger partial charge on any atom is 0.251 e. The molecule has 118 valence electrons. The average Bonchev–Trinajstić information content (AvgIpc) is 3.03. The predicted molar refractivity (Wildman–Crippen MR) is 87.5 cm³/mol. The number of hydrogen-bond donors (Lipinski definition) is 2. The summed E-state index contributed by atoms with van der Waals surface area (Å²) in [6.45, 7) is 0.264. The second-order valence-electron chi connectivity index (χ2n) is 5.81. The van der Waals surface area contributed by atoms with E-state index in [1.165, 1.54) is 0 Å². The molecule has 0 bridgehead atoms. The number of hydrogen-bond acceptors (Lipinski definition) is 3. The van der Waals surface area contributed by atoms with Gasteiger partial charge in [-0.05, 0) is 36.8 Å². The van der Waals surface area contributed by atoms with Crippen molar-refractivity contribution in [2.75, 3.05) is 6.54 Å². The van der Waals surface area contributed by atoms with Gasteiger partial charge >= 0.3 is 0 Å². The number of aromatic nitrogens is 1. The van der Waals surface area contributed by atoms with Crippen LogP contribution in [0, 0.1) is 0 Å². The van der Waals surface area contributed by atoms with E-state index >= 15 is 0 Å². The molecule has 0 spiro atoms. The molecule has 1 aliphatic carbocycles. The fourth-order valence-electron chi connectivity index (χ4n) is 3.02. The minimum absolute atomic E-state index is 0.154. The second kappa shape index (κ2) is 6.22. The molecule has 1 heterocycles. The molecular formula is C16H20N2O3S. The van der Waals surface area contributed by atoms with Crippen molar-refractivity contribution in [1.82, 2.24) is 9.71 Å². The largest absolute Gasteiger partial charge is 0.322 e. The lowest BCUT2D eigenvalue weighted by molar-refractivity contribution is 0.564. The van der Waals surface area contributed by atoms with E-state index in [-0.39, 0.29) is 17.4 Å². The Morgan fingerprint density at radius 1 is 1.18 bits per heavy atom. The molecule has 0 aliphatic heterocycles. The first-order valence-corrected chi connectivity index (χ1v) is 9.20. The predicted octanol–water partition coefficient (Wildman–Crippen LogP) is 1.93. The van der Waals surface area contributed by atoms with Crippen molar-refractivity contribution in [3.8, 4) is 0 Å². The molecule has 0 saturated heterocycles. The number of pyridine rings is 1. The van der Waals surface area contributed by atoms with Gasteiger partial charge in [-0.15, -0.1) is 0 Å². The Bertz CT molecular complexity index is 821. The molecule has 0 unspecified atom stereocenters. The molecular weight excluding hydrogens is 300 g/mol. The van der Waals surface area contributed by atoms with Crippen LogP contribution in [0.3, 0.4) is 0 Å². The normalized spacial score (nSPS) is 16.4. The zero-order chi connectivity index (χ0) is 15.6. The Morgan fingerprint density at radius 2 is 1.91 bits per heavy atom. The van der Waals surface area contributed by atoms with Crippen LogP contribution in [0.1, 0.15) is 31.2 Å². The van der Waals surface area contributed by atoms with E-state index < -0.39 is 10.0 Å². The number of para-hydroxylation sites is 1. The van der Waals surface area contributed by atoms with Crippen LogP contribution in [0.2, 0.25) is 0 Å². The van der Waals surface area contributed by atoms with Crippen LogP contribution in [0.15, 0.2) is 35.1 Å². The van der Waals surface area contributed by atoms with Gasteiger partial charge in [-0.1, -0.05) is 31.0 Å². The van der Waals surface area contributed by atoms with Crippen LogP contribution in [-0.4, -0.2) is 25.2 Å². The molecule has 22 heavy (non-hydrogen) atoms. The van der Waals surface area contributed by atoms with Gasteiger partial charge in [0.25, 0.3) is 5.56 Å². The Balaban J connectivity index is 1.69. The zero-order valence-corrected chi connectivity index (χ0v) is 13.2. The zero-order valence-electron chi connectivity index (χ0n) is 12.3. The summed E-state index contributed by atoms with van der Waals surface area (Å²) in [5.41, 5.74) is 1.24. The van der Waals surface area contributed by atoms with E-state index in [0.717, 1.165) is 36.6 Å². The van der Waals surface area contributed by atoms with E-state index in [0.29, 0.717) is 12.0 Å². The molecule has 0 radical (unpaired) electrons. The fourth-order valence-corrected chi connectivity index (χ4v) is 4.60. The number of fused-ring (bicyclic) bond motifs is 1. The van der Waals surface area contributed by atoms with Crippen LogP contribution >= 0.6 is 0 Å². The third-order valence-electron chi connectivity index (χ3n) is 4.27. The van der Waals surface area contributed by atoms with Gasteiger partial charge in [0, 0.05) is 17.6 Å². The minimum Gasteiger partial charge on any atom is -0.322 e. The van der Waals surface area contributed by atoms with Crippen molar-refractivity contribution in [1.29, 1.82) is 0 Å². The summed E-state index contributed by atoms with van der Waals surface area (Å²) >= 11 is 0. The molecule has 0 amide bonds. The fraction of sp³-hybridized carbons (Fsp3) is 0.438. The van der Waals surface area contributed by atoms with E-state index in [1.807, 2.05) is 30.3 Å². The Kier molecular flexibility index (Phi) is 4.31. The highest BCUT2D eigenvalue weighted by atomic mass is 32.2. The van der Waals surface area contributed by atoms with Crippen molar-refractivity contribution in [3.63, 3.8) is 0 Å². The number of aromatic amines is 1. The highest BCUT2D eigenvalue weighted by Crippen LogP contribution is 2.23. The Hall–Kier alpha value is -1.66. The van der Waals surface area contributed by atoms with Gasteiger partial charge in [0.1, 0.15) is 0 Å². The van der Waals surface area contributed by atoms with Crippen LogP contribution in [0.4, 0.5) is 0 Å². The summed E-state index contributed by atoms with van der Waals surface area (Å²) in [4.78, 5) is 14.8. The van der Waals surface area contributed by atoms with Crippen molar-refractivity contribution in [3.05, 3.63) is 46.2 Å². The van der Waals surface area contributed by atoms with E-state index in [2.05, 4.69) is 9.71 Å². The number of benzene rings is 1. The highest BCUT2D eigenvalue weighted by molar-refractivity contribution is 7.90. The van der Waals surface area contributed by atoms with Crippen molar-refractivity contribution < 1.29 is 8.42 Å². The summed E-state index contributed by atoms with van der Waals surface area (Å²) in [6, 6.07) is 9.39. The number of rotatable bonds is 5. The molecule has 5 nitrogen and oxygen atoms in total. The molecule has 1 saturated carbocycles.